The number of nitrogens with one attached hydrogen (secondary N) is 2. The molecule has 0 aromatic heterocycles. The van der Waals surface area contributed by atoms with Gasteiger partial charge in [0, 0.05) is 12.1 Å². The van der Waals surface area contributed by atoms with Crippen molar-refractivity contribution in [1.82, 2.24) is 0 Å². The number of hydrogen-bond donors (Lipinski definition) is 4. The first-order valence-electron chi connectivity index (χ1n) is 12.3. The van der Waals surface area contributed by atoms with Gasteiger partial charge in [0.2, 0.25) is 0 Å². The van der Waals surface area contributed by atoms with Gasteiger partial charge in [-0.25, -0.2) is 4.79 Å². The number of hydrogen-bond acceptors (Lipinski definition) is 11. The summed E-state index contributed by atoms with van der Waals surface area (Å²) in [6, 6.07) is 19.1. The number of rotatable bonds is 10. The third-order valence-corrected chi connectivity index (χ3v) is 7.36. The first-order valence-corrected chi connectivity index (χ1v) is 15.2. The quantitative estimate of drug-likeness (QED) is 0.107. The van der Waals surface area contributed by atoms with Crippen LogP contribution in [0.25, 0.3) is 0 Å². The molecule has 0 heterocycles. The molecule has 0 fully saturated rings. The molecule has 0 aliphatic carbocycles. The summed E-state index contributed by atoms with van der Waals surface area (Å²) in [5.74, 6) is 0.508. The zero-order valence-electron chi connectivity index (χ0n) is 22.9. The van der Waals surface area contributed by atoms with E-state index in [0.717, 1.165) is 12.1 Å². The Morgan fingerprint density at radius 2 is 0.955 bits per heavy atom. The van der Waals surface area contributed by atoms with Crippen molar-refractivity contribution < 1.29 is 40.2 Å². The van der Waals surface area contributed by atoms with E-state index >= 15 is 0 Å². The predicted octanol–water partition coefficient (Wildman–Crippen LogP) is 6.67. The van der Waals surface area contributed by atoms with Crippen LogP contribution in [0.3, 0.4) is 0 Å². The van der Waals surface area contributed by atoms with E-state index in [2.05, 4.69) is 31.1 Å². The second kappa shape index (κ2) is 13.4. The summed E-state index contributed by atoms with van der Waals surface area (Å²) < 4.78 is 74.4. The maximum atomic E-state index is 12.8. The molecule has 15 nitrogen and oxygen atoms in total. The molecule has 44 heavy (non-hydrogen) atoms. The third-order valence-electron chi connectivity index (χ3n) is 5.66. The minimum atomic E-state index is -4.39. The second-order valence-corrected chi connectivity index (χ2v) is 11.5. The number of carbonyl (C=O) groups excluding carboxylic acids is 1. The molecule has 4 N–H and O–H groups in total. The summed E-state index contributed by atoms with van der Waals surface area (Å²) in [5, 5.41) is 21.4. The van der Waals surface area contributed by atoms with E-state index in [1.165, 1.54) is 74.9 Å². The molecule has 0 radical (unpaired) electrons. The molecule has 228 valence electrons. The highest BCUT2D eigenvalue weighted by molar-refractivity contribution is 7.86. The van der Waals surface area contributed by atoms with Crippen molar-refractivity contribution in [1.29, 1.82) is 0 Å². The van der Waals surface area contributed by atoms with Gasteiger partial charge in [0.05, 0.1) is 58.1 Å². The Hall–Kier alpha value is -5.23. The van der Waals surface area contributed by atoms with Crippen LogP contribution in [0.4, 0.5) is 38.9 Å². The van der Waals surface area contributed by atoms with Crippen LogP contribution in [0.2, 0.25) is 0 Å². The smallest absolute Gasteiger partial charge is 0.323 e. The molecule has 0 atom stereocenters. The van der Waals surface area contributed by atoms with Crippen molar-refractivity contribution in [2.75, 3.05) is 24.9 Å². The molecule has 0 bridgehead atoms. The monoisotopic (exact) mass is 640 g/mol. The molecule has 2 amide bonds. The highest BCUT2D eigenvalue weighted by atomic mass is 32.2. The minimum Gasteiger partial charge on any atom is -0.494 e. The number of methoxy groups -OCH3 is 2. The summed E-state index contributed by atoms with van der Waals surface area (Å²) >= 11 is 0. The Labute approximate surface area is 251 Å². The van der Waals surface area contributed by atoms with Gasteiger partial charge in [0.15, 0.2) is 0 Å². The van der Waals surface area contributed by atoms with Crippen LogP contribution in [0.15, 0.2) is 115 Å². The van der Waals surface area contributed by atoms with E-state index in [-0.39, 0.29) is 32.7 Å². The van der Waals surface area contributed by atoms with E-state index in [1.54, 1.807) is 12.1 Å². The van der Waals surface area contributed by atoms with Crippen LogP contribution in [0.5, 0.6) is 11.5 Å². The van der Waals surface area contributed by atoms with Gasteiger partial charge in [0.1, 0.15) is 11.5 Å². The van der Waals surface area contributed by atoms with Crippen LogP contribution in [-0.4, -0.2) is 46.2 Å². The molecule has 4 rings (SSSR count). The Morgan fingerprint density at radius 3 is 1.30 bits per heavy atom. The summed E-state index contributed by atoms with van der Waals surface area (Å²) in [6.45, 7) is 0. The van der Waals surface area contributed by atoms with E-state index in [1.807, 2.05) is 0 Å². The zero-order chi connectivity index (χ0) is 31.9. The van der Waals surface area contributed by atoms with Crippen molar-refractivity contribution in [3.63, 3.8) is 0 Å². The van der Waals surface area contributed by atoms with Gasteiger partial charge in [-0.05, 0) is 60.7 Å². The average Bonchev–Trinajstić information content (AvgIpc) is 2.99. The van der Waals surface area contributed by atoms with Crippen LogP contribution in [0, 0.1) is 0 Å². The fourth-order valence-electron chi connectivity index (χ4n) is 3.61. The van der Waals surface area contributed by atoms with Gasteiger partial charge in [-0.15, -0.1) is 0 Å². The van der Waals surface area contributed by atoms with Crippen molar-refractivity contribution in [2.24, 2.45) is 20.5 Å². The predicted molar refractivity (Wildman–Crippen MR) is 159 cm³/mol. The van der Waals surface area contributed by atoms with Crippen molar-refractivity contribution >= 4 is 60.4 Å². The third kappa shape index (κ3) is 8.42. The summed E-state index contributed by atoms with van der Waals surface area (Å²) in [4.78, 5) is 12.1. The van der Waals surface area contributed by atoms with Gasteiger partial charge in [-0.1, -0.05) is 12.1 Å². The number of urea groups is 1. The molecule has 0 unspecified atom stereocenters. The van der Waals surface area contributed by atoms with Gasteiger partial charge >= 0.3 is 6.03 Å². The normalized spacial score (nSPS) is 11.9. The topological polar surface area (TPSA) is 218 Å². The Kier molecular flexibility index (Phi) is 9.64. The fourth-order valence-corrected chi connectivity index (χ4v) is 4.65. The van der Waals surface area contributed by atoms with Crippen LogP contribution in [0.1, 0.15) is 0 Å². The Bertz CT molecular complexity index is 1840. The fraction of sp³-hybridized carbons (Fsp3) is 0.0741. The molecule has 4 aromatic carbocycles. The number of benzene rings is 4. The number of carbonyl (C=O) groups is 1. The molecule has 0 spiro atoms. The number of nitrogens with zero attached hydrogens (tertiary/aromatic N) is 4. The largest absolute Gasteiger partial charge is 0.494 e. The Morgan fingerprint density at radius 1 is 0.591 bits per heavy atom. The number of amides is 2. The number of ether oxygens (including phenoxy) is 2. The molecular weight excluding hydrogens is 616 g/mol. The maximum absolute atomic E-state index is 12.8. The lowest BCUT2D eigenvalue weighted by molar-refractivity contribution is 0.262. The molecule has 17 heteroatoms. The molecule has 0 saturated carbocycles. The van der Waals surface area contributed by atoms with Crippen LogP contribution >= 0.6 is 0 Å². The van der Waals surface area contributed by atoms with Crippen molar-refractivity contribution in [3.05, 3.63) is 84.9 Å². The lowest BCUT2D eigenvalue weighted by atomic mass is 10.2. The van der Waals surface area contributed by atoms with E-state index in [9.17, 15) is 30.7 Å². The van der Waals surface area contributed by atoms with Gasteiger partial charge in [-0.3, -0.25) is 9.11 Å². The minimum absolute atomic E-state index is 0.188. The summed E-state index contributed by atoms with van der Waals surface area (Å²) in [6.07, 6.45) is 0. The highest BCUT2D eigenvalue weighted by Gasteiger charge is 2.13. The molecule has 0 aliphatic rings. The summed E-state index contributed by atoms with van der Waals surface area (Å²) in [7, 11) is -6.00. The second-order valence-electron chi connectivity index (χ2n) is 8.69. The zero-order valence-corrected chi connectivity index (χ0v) is 24.6. The molecule has 4 aromatic rings. The average molecular weight is 641 g/mol. The Balaban J connectivity index is 1.44. The highest BCUT2D eigenvalue weighted by Crippen LogP contribution is 2.33. The number of anilines is 2. The van der Waals surface area contributed by atoms with Gasteiger partial charge < -0.3 is 20.1 Å². The summed E-state index contributed by atoms with van der Waals surface area (Å²) in [5.41, 5.74) is 1.65. The van der Waals surface area contributed by atoms with Gasteiger partial charge in [-0.2, -0.15) is 37.3 Å². The van der Waals surface area contributed by atoms with Crippen LogP contribution < -0.4 is 20.1 Å². The van der Waals surface area contributed by atoms with Gasteiger partial charge in [0.25, 0.3) is 20.2 Å². The maximum Gasteiger partial charge on any atom is 0.323 e. The van der Waals surface area contributed by atoms with Crippen molar-refractivity contribution in [2.45, 2.75) is 9.79 Å². The SMILES string of the molecule is COc1cc(/N=N/c2cccc(S(=O)(=O)O)c2)ccc1NC(=O)Nc1ccc(/N=N/c2cccc(S(=O)(=O)O)c2)cc1OC. The lowest BCUT2D eigenvalue weighted by Crippen LogP contribution is -2.20. The molecule has 0 saturated heterocycles. The van der Waals surface area contributed by atoms with Crippen molar-refractivity contribution in [3.8, 4) is 11.5 Å². The first-order chi connectivity index (χ1) is 20.9. The van der Waals surface area contributed by atoms with E-state index in [4.69, 9.17) is 9.47 Å². The first kappa shape index (κ1) is 31.7. The molecule has 0 aliphatic heterocycles. The number of azo groups is 2. The van der Waals surface area contributed by atoms with Crippen LogP contribution in [-0.2, 0) is 20.2 Å². The van der Waals surface area contributed by atoms with E-state index in [0.29, 0.717) is 22.7 Å². The van der Waals surface area contributed by atoms with E-state index < -0.39 is 26.3 Å². The molecular formula is C27H24N6O9S2. The standard InChI is InChI=1S/C27H24N6O9S2/c1-41-25-15-19(32-30-17-5-3-7-21(13-17)43(35,36)37)9-11-23(25)28-27(34)29-24-12-10-20(16-26(24)42-2)33-31-18-6-4-8-22(14-18)44(38,39)40/h3-16H,1-2H3,(H2,28,29,34)(H,35,36,37)(H,38,39,40)/b32-30+,33-31+. The lowest BCUT2D eigenvalue weighted by Gasteiger charge is -2.13.